The molecule has 0 aromatic carbocycles. The molecule has 5 atom stereocenters. The molecular weight excluding hydrogens is 480 g/mol. The summed E-state index contributed by atoms with van der Waals surface area (Å²) in [6, 6.07) is -4.91. The van der Waals surface area contributed by atoms with Crippen molar-refractivity contribution >= 4 is 41.4 Å². The van der Waals surface area contributed by atoms with Crippen molar-refractivity contribution in [3.05, 3.63) is 18.2 Å². The second-order valence-corrected chi connectivity index (χ2v) is 9.08. The third kappa shape index (κ3) is 10.3. The molecule has 0 radical (unpaired) electrons. The number of carbonyl (C=O) groups excluding carboxylic acids is 3. The molecule has 0 aliphatic carbocycles. The number of H-pyrrole nitrogens is 1. The summed E-state index contributed by atoms with van der Waals surface area (Å²) in [6.07, 6.45) is 4.54. The number of hydrogen-bond donors (Lipinski definition) is 7. The first-order chi connectivity index (χ1) is 16.5. The Kier molecular flexibility index (Phi) is 12.8. The highest BCUT2D eigenvalue weighted by Gasteiger charge is 2.32. The van der Waals surface area contributed by atoms with Crippen molar-refractivity contribution in [2.45, 2.75) is 63.7 Å². The van der Waals surface area contributed by atoms with Crippen LogP contribution in [0.1, 0.15) is 38.8 Å². The second-order valence-electron chi connectivity index (χ2n) is 8.09. The number of aliphatic carboxylic acids is 2. The molecule has 1 rings (SSSR count). The Labute approximate surface area is 207 Å². The van der Waals surface area contributed by atoms with Gasteiger partial charge in [0.1, 0.15) is 18.1 Å². The van der Waals surface area contributed by atoms with Crippen LogP contribution < -0.4 is 21.7 Å². The smallest absolute Gasteiger partial charge is 0.326 e. The Bertz CT molecular complexity index is 866. The van der Waals surface area contributed by atoms with Crippen molar-refractivity contribution in [1.29, 1.82) is 0 Å². The normalized spacial score (nSPS) is 15.2. The first kappa shape index (κ1) is 29.9. The molecule has 35 heavy (non-hydrogen) atoms. The Morgan fingerprint density at radius 3 is 2.17 bits per heavy atom. The number of imidazole rings is 1. The zero-order valence-corrected chi connectivity index (χ0v) is 20.8. The molecule has 13 nitrogen and oxygen atoms in total. The van der Waals surface area contributed by atoms with Crippen LogP contribution in [0.4, 0.5) is 0 Å². The Hall–Kier alpha value is -3.13. The van der Waals surface area contributed by atoms with E-state index in [0.717, 1.165) is 0 Å². The lowest BCUT2D eigenvalue weighted by Crippen LogP contribution is -2.58. The van der Waals surface area contributed by atoms with Crippen LogP contribution in [-0.2, 0) is 30.4 Å². The van der Waals surface area contributed by atoms with Crippen molar-refractivity contribution in [3.8, 4) is 0 Å². The van der Waals surface area contributed by atoms with Crippen molar-refractivity contribution in [1.82, 2.24) is 25.9 Å². The van der Waals surface area contributed by atoms with Gasteiger partial charge in [-0.25, -0.2) is 9.78 Å². The standard InChI is InChI=1S/C21H34N6O7S/c1-4-11(2)17(22)20(32)27-14(7-12-9-23-10-24-12)18(30)26-15(8-16(28)29)19(31)25-13(21(33)34)5-6-35-3/h9-11,13-15,17H,4-8,22H2,1-3H3,(H,23,24)(H,25,31)(H,26,30)(H,27,32)(H,28,29)(H,33,34). The molecule has 3 amide bonds. The summed E-state index contributed by atoms with van der Waals surface area (Å²) >= 11 is 1.38. The van der Waals surface area contributed by atoms with Gasteiger partial charge in [0, 0.05) is 18.3 Å². The zero-order chi connectivity index (χ0) is 26.5. The summed E-state index contributed by atoms with van der Waals surface area (Å²) in [4.78, 5) is 67.9. The van der Waals surface area contributed by atoms with Gasteiger partial charge < -0.3 is 36.9 Å². The highest BCUT2D eigenvalue weighted by atomic mass is 32.2. The van der Waals surface area contributed by atoms with Crippen LogP contribution in [0.25, 0.3) is 0 Å². The fourth-order valence-electron chi connectivity index (χ4n) is 3.03. The minimum absolute atomic E-state index is 0.0301. The van der Waals surface area contributed by atoms with Gasteiger partial charge in [-0.1, -0.05) is 20.3 Å². The summed E-state index contributed by atoms with van der Waals surface area (Å²) < 4.78 is 0. The van der Waals surface area contributed by atoms with Gasteiger partial charge in [-0.2, -0.15) is 11.8 Å². The van der Waals surface area contributed by atoms with Gasteiger partial charge >= 0.3 is 11.9 Å². The number of thioether (sulfide) groups is 1. The monoisotopic (exact) mass is 514 g/mol. The van der Waals surface area contributed by atoms with Crippen molar-refractivity contribution in [2.24, 2.45) is 11.7 Å². The predicted molar refractivity (Wildman–Crippen MR) is 128 cm³/mol. The molecule has 0 aliphatic rings. The molecule has 0 bridgehead atoms. The molecule has 5 unspecified atom stereocenters. The SMILES string of the molecule is CCC(C)C(N)C(=O)NC(Cc1cnc[nH]1)C(=O)NC(CC(=O)O)C(=O)NC(CCSC)C(=O)O. The Morgan fingerprint density at radius 2 is 1.66 bits per heavy atom. The summed E-state index contributed by atoms with van der Waals surface area (Å²) in [5, 5.41) is 25.7. The van der Waals surface area contributed by atoms with Crippen LogP contribution in [0, 0.1) is 5.92 Å². The van der Waals surface area contributed by atoms with E-state index in [4.69, 9.17) is 5.73 Å². The summed E-state index contributed by atoms with van der Waals surface area (Å²) in [5.74, 6) is -4.75. The number of aromatic amines is 1. The lowest BCUT2D eigenvalue weighted by Gasteiger charge is -2.25. The highest BCUT2D eigenvalue weighted by Crippen LogP contribution is 2.08. The van der Waals surface area contributed by atoms with Crippen LogP contribution in [0.3, 0.4) is 0 Å². The summed E-state index contributed by atoms with van der Waals surface area (Å²) in [7, 11) is 0. The number of carboxylic acid groups (broad SMARTS) is 2. The fourth-order valence-corrected chi connectivity index (χ4v) is 3.50. The molecule has 1 aromatic heterocycles. The predicted octanol–water partition coefficient (Wildman–Crippen LogP) is -0.908. The van der Waals surface area contributed by atoms with E-state index in [1.807, 2.05) is 6.92 Å². The number of carboxylic acids is 2. The number of hydrogen-bond acceptors (Lipinski definition) is 8. The van der Waals surface area contributed by atoms with Gasteiger partial charge in [0.15, 0.2) is 0 Å². The molecule has 0 saturated carbocycles. The third-order valence-electron chi connectivity index (χ3n) is 5.41. The van der Waals surface area contributed by atoms with Crippen LogP contribution in [0.15, 0.2) is 12.5 Å². The van der Waals surface area contributed by atoms with Gasteiger partial charge in [-0.15, -0.1) is 0 Å². The zero-order valence-electron chi connectivity index (χ0n) is 19.9. The molecular formula is C21H34N6O7S. The minimum atomic E-state index is -1.57. The fraction of sp³-hybridized carbons (Fsp3) is 0.619. The lowest BCUT2D eigenvalue weighted by molar-refractivity contribution is -0.143. The van der Waals surface area contributed by atoms with Crippen molar-refractivity contribution < 1.29 is 34.2 Å². The van der Waals surface area contributed by atoms with Crippen molar-refractivity contribution in [3.63, 3.8) is 0 Å². The topological polar surface area (TPSA) is 217 Å². The number of nitrogens with zero attached hydrogens (tertiary/aromatic N) is 1. The van der Waals surface area contributed by atoms with E-state index in [1.165, 1.54) is 24.3 Å². The van der Waals surface area contributed by atoms with Gasteiger partial charge in [0.05, 0.1) is 18.8 Å². The van der Waals surface area contributed by atoms with E-state index >= 15 is 0 Å². The number of nitrogens with two attached hydrogens (primary N) is 1. The van der Waals surface area contributed by atoms with E-state index < -0.39 is 60.2 Å². The lowest BCUT2D eigenvalue weighted by atomic mass is 9.98. The maximum Gasteiger partial charge on any atom is 0.326 e. The number of aromatic nitrogens is 2. The minimum Gasteiger partial charge on any atom is -0.481 e. The maximum absolute atomic E-state index is 13.1. The molecule has 0 spiro atoms. The van der Waals surface area contributed by atoms with E-state index in [0.29, 0.717) is 17.9 Å². The molecule has 0 fully saturated rings. The molecule has 8 N–H and O–H groups in total. The van der Waals surface area contributed by atoms with Gasteiger partial charge in [0.2, 0.25) is 17.7 Å². The molecule has 1 aromatic rings. The number of amides is 3. The van der Waals surface area contributed by atoms with E-state index in [2.05, 4.69) is 25.9 Å². The average molecular weight is 515 g/mol. The summed E-state index contributed by atoms with van der Waals surface area (Å²) in [6.45, 7) is 3.66. The molecule has 0 saturated heterocycles. The first-order valence-corrected chi connectivity index (χ1v) is 12.5. The quantitative estimate of drug-likeness (QED) is 0.144. The summed E-state index contributed by atoms with van der Waals surface area (Å²) in [5.41, 5.74) is 6.47. The second kappa shape index (κ2) is 15.0. The Balaban J connectivity index is 3.06. The van der Waals surface area contributed by atoms with Gasteiger partial charge in [0.25, 0.3) is 0 Å². The first-order valence-electron chi connectivity index (χ1n) is 11.1. The van der Waals surface area contributed by atoms with Crippen LogP contribution in [0.5, 0.6) is 0 Å². The van der Waals surface area contributed by atoms with Gasteiger partial charge in [-0.3, -0.25) is 19.2 Å². The van der Waals surface area contributed by atoms with E-state index in [1.54, 1.807) is 13.2 Å². The molecule has 196 valence electrons. The highest BCUT2D eigenvalue weighted by molar-refractivity contribution is 7.98. The van der Waals surface area contributed by atoms with Crippen LogP contribution >= 0.6 is 11.8 Å². The number of nitrogens with one attached hydrogen (secondary N) is 4. The number of rotatable bonds is 16. The maximum atomic E-state index is 13.1. The molecule has 14 heteroatoms. The van der Waals surface area contributed by atoms with Crippen LogP contribution in [0.2, 0.25) is 0 Å². The third-order valence-corrected chi connectivity index (χ3v) is 6.05. The van der Waals surface area contributed by atoms with E-state index in [-0.39, 0.29) is 18.8 Å². The number of carbonyl (C=O) groups is 5. The van der Waals surface area contributed by atoms with Crippen molar-refractivity contribution in [2.75, 3.05) is 12.0 Å². The largest absolute Gasteiger partial charge is 0.481 e. The molecule has 0 aliphatic heterocycles. The molecule has 1 heterocycles. The van der Waals surface area contributed by atoms with E-state index in [9.17, 15) is 34.2 Å². The Morgan fingerprint density at radius 1 is 1.06 bits per heavy atom. The average Bonchev–Trinajstić information content (AvgIpc) is 3.32. The van der Waals surface area contributed by atoms with Crippen LogP contribution in [-0.4, -0.2) is 86.0 Å². The van der Waals surface area contributed by atoms with Gasteiger partial charge in [-0.05, 0) is 24.3 Å².